The summed E-state index contributed by atoms with van der Waals surface area (Å²) in [6, 6.07) is 3.83. The number of esters is 4. The molecule has 1 aromatic carbocycles. The van der Waals surface area contributed by atoms with E-state index in [2.05, 4.69) is 20.7 Å². The average Bonchev–Trinajstić information content (AvgIpc) is 2.71. The second-order valence-corrected chi connectivity index (χ2v) is 7.57. The summed E-state index contributed by atoms with van der Waals surface area (Å²) in [6.45, 7) is 3.11. The smallest absolute Gasteiger partial charge is 0.339 e. The summed E-state index contributed by atoms with van der Waals surface area (Å²) in [7, 11) is 1.03. The molecule has 180 valence electrons. The summed E-state index contributed by atoms with van der Waals surface area (Å²) in [6.07, 6.45) is -8.13. The van der Waals surface area contributed by atoms with Crippen LogP contribution in [0.3, 0.4) is 0 Å². The molecule has 0 aromatic heterocycles. The first-order valence-electron chi connectivity index (χ1n) is 9.30. The maximum atomic E-state index is 12.4. The summed E-state index contributed by atoms with van der Waals surface area (Å²) < 4.78 is 31.8. The zero-order valence-corrected chi connectivity index (χ0v) is 19.4. The molecule has 1 aliphatic heterocycles. The lowest BCUT2D eigenvalue weighted by molar-refractivity contribution is -0.387. The highest BCUT2D eigenvalue weighted by Gasteiger charge is 2.56. The minimum atomic E-state index is -1.70. The van der Waals surface area contributed by atoms with Crippen LogP contribution in [0.25, 0.3) is 0 Å². The predicted molar refractivity (Wildman–Crippen MR) is 109 cm³/mol. The van der Waals surface area contributed by atoms with Gasteiger partial charge in [-0.3, -0.25) is 24.5 Å². The standard InChI is InChI=1S/C19H20BrNO12/c1-8(22)29-14-15(30-9(2)23)17(31-10(3)24)19(33-16(14)18(25)28-4)32-13-6-5-11(20)7-12(13)21(26)27/h5-7,14-17,19H,1-4H3/t14-,15-,16-,17+,19+/m0/s1. The van der Waals surface area contributed by atoms with Crippen LogP contribution in [0.2, 0.25) is 0 Å². The quantitative estimate of drug-likeness (QED) is 0.214. The maximum Gasteiger partial charge on any atom is 0.339 e. The maximum absolute atomic E-state index is 12.4. The fourth-order valence-corrected chi connectivity index (χ4v) is 3.38. The minimum absolute atomic E-state index is 0.304. The van der Waals surface area contributed by atoms with Crippen molar-refractivity contribution in [2.24, 2.45) is 0 Å². The van der Waals surface area contributed by atoms with Crippen LogP contribution in [-0.4, -0.2) is 66.6 Å². The van der Waals surface area contributed by atoms with Crippen LogP contribution in [0.15, 0.2) is 22.7 Å². The first-order chi connectivity index (χ1) is 15.4. The number of hydrogen-bond acceptors (Lipinski definition) is 12. The van der Waals surface area contributed by atoms with Crippen molar-refractivity contribution in [1.82, 2.24) is 0 Å². The molecule has 33 heavy (non-hydrogen) atoms. The van der Waals surface area contributed by atoms with E-state index in [1.807, 2.05) is 0 Å². The summed E-state index contributed by atoms with van der Waals surface area (Å²) in [5.74, 6) is -3.93. The van der Waals surface area contributed by atoms with Crippen molar-refractivity contribution in [1.29, 1.82) is 0 Å². The average molecular weight is 534 g/mol. The van der Waals surface area contributed by atoms with Gasteiger partial charge >= 0.3 is 29.6 Å². The van der Waals surface area contributed by atoms with Gasteiger partial charge in [0.25, 0.3) is 0 Å². The topological polar surface area (TPSA) is 167 Å². The zero-order chi connectivity index (χ0) is 24.9. The van der Waals surface area contributed by atoms with E-state index in [0.29, 0.717) is 4.47 Å². The second kappa shape index (κ2) is 11.0. The Morgan fingerprint density at radius 2 is 1.52 bits per heavy atom. The van der Waals surface area contributed by atoms with Gasteiger partial charge in [0.15, 0.2) is 18.3 Å². The number of benzene rings is 1. The van der Waals surface area contributed by atoms with Crippen LogP contribution in [0.4, 0.5) is 5.69 Å². The number of rotatable bonds is 7. The summed E-state index contributed by atoms with van der Waals surface area (Å²) in [4.78, 5) is 58.3. The highest BCUT2D eigenvalue weighted by molar-refractivity contribution is 9.10. The van der Waals surface area contributed by atoms with Crippen LogP contribution in [0, 0.1) is 10.1 Å². The Kier molecular flexibility index (Phi) is 8.70. The van der Waals surface area contributed by atoms with Crippen molar-refractivity contribution in [2.75, 3.05) is 7.11 Å². The molecule has 0 N–H and O–H groups in total. The molecular formula is C19H20BrNO12. The van der Waals surface area contributed by atoms with Gasteiger partial charge in [-0.1, -0.05) is 15.9 Å². The number of nitro groups is 1. The first-order valence-corrected chi connectivity index (χ1v) is 10.1. The molecule has 0 radical (unpaired) electrons. The van der Waals surface area contributed by atoms with E-state index in [0.717, 1.165) is 33.9 Å². The largest absolute Gasteiger partial charge is 0.467 e. The molecule has 0 amide bonds. The SMILES string of the molecule is COC(=O)[C@H]1O[C@@H](Oc2ccc(Br)cc2[N+](=O)[O-])[C@H](OC(C)=O)[C@@H](OC(C)=O)[C@@H]1OC(C)=O. The molecule has 13 nitrogen and oxygen atoms in total. The van der Waals surface area contributed by atoms with Gasteiger partial charge in [0.1, 0.15) is 0 Å². The number of nitro benzene ring substituents is 1. The van der Waals surface area contributed by atoms with E-state index in [1.54, 1.807) is 0 Å². The third-order valence-corrected chi connectivity index (χ3v) is 4.69. The molecule has 1 aromatic rings. The third-order valence-electron chi connectivity index (χ3n) is 4.20. The van der Waals surface area contributed by atoms with Crippen LogP contribution in [0.5, 0.6) is 5.75 Å². The number of nitrogens with zero attached hydrogens (tertiary/aromatic N) is 1. The molecule has 0 aliphatic carbocycles. The third kappa shape index (κ3) is 6.61. The highest BCUT2D eigenvalue weighted by atomic mass is 79.9. The number of hydrogen-bond donors (Lipinski definition) is 0. The number of halogens is 1. The Hall–Kier alpha value is -3.26. The van der Waals surface area contributed by atoms with Gasteiger partial charge in [0, 0.05) is 31.3 Å². The van der Waals surface area contributed by atoms with Crippen LogP contribution < -0.4 is 4.74 Å². The Bertz CT molecular complexity index is 951. The van der Waals surface area contributed by atoms with Gasteiger partial charge < -0.3 is 28.4 Å². The highest BCUT2D eigenvalue weighted by Crippen LogP contribution is 2.35. The molecular weight excluding hydrogens is 514 g/mol. The van der Waals surface area contributed by atoms with E-state index in [9.17, 15) is 29.3 Å². The normalized spacial score (nSPS) is 24.2. The van der Waals surface area contributed by atoms with E-state index < -0.39 is 65.2 Å². The molecule has 0 spiro atoms. The van der Waals surface area contributed by atoms with Crippen molar-refractivity contribution >= 4 is 45.5 Å². The second-order valence-electron chi connectivity index (χ2n) is 6.66. The Morgan fingerprint density at radius 1 is 0.970 bits per heavy atom. The van der Waals surface area contributed by atoms with Crippen LogP contribution in [0.1, 0.15) is 20.8 Å². The molecule has 0 saturated carbocycles. The molecule has 14 heteroatoms. The number of methoxy groups -OCH3 is 1. The molecule has 1 saturated heterocycles. The lowest BCUT2D eigenvalue weighted by Crippen LogP contribution is -2.64. The molecule has 0 unspecified atom stereocenters. The van der Waals surface area contributed by atoms with Gasteiger partial charge in [-0.05, 0) is 12.1 Å². The molecule has 2 rings (SSSR count). The van der Waals surface area contributed by atoms with Gasteiger partial charge in [-0.2, -0.15) is 0 Å². The first kappa shape index (κ1) is 26.0. The lowest BCUT2D eigenvalue weighted by Gasteiger charge is -2.42. The number of ether oxygens (including phenoxy) is 6. The molecule has 1 aliphatic rings. The summed E-state index contributed by atoms with van der Waals surface area (Å²) in [5, 5.41) is 11.5. The Balaban J connectivity index is 2.58. The van der Waals surface area contributed by atoms with Crippen molar-refractivity contribution in [3.05, 3.63) is 32.8 Å². The number of carbonyl (C=O) groups is 4. The van der Waals surface area contributed by atoms with Crippen LogP contribution in [-0.2, 0) is 42.9 Å². The van der Waals surface area contributed by atoms with E-state index >= 15 is 0 Å². The minimum Gasteiger partial charge on any atom is -0.467 e. The van der Waals surface area contributed by atoms with E-state index in [4.69, 9.17) is 23.7 Å². The fourth-order valence-electron chi connectivity index (χ4n) is 3.03. The van der Waals surface area contributed by atoms with Crippen LogP contribution >= 0.6 is 15.9 Å². The van der Waals surface area contributed by atoms with Crippen molar-refractivity contribution in [2.45, 2.75) is 51.5 Å². The van der Waals surface area contributed by atoms with Gasteiger partial charge in [0.2, 0.25) is 18.1 Å². The fraction of sp³-hybridized carbons (Fsp3) is 0.474. The zero-order valence-electron chi connectivity index (χ0n) is 17.8. The van der Waals surface area contributed by atoms with Crippen molar-refractivity contribution in [3.8, 4) is 5.75 Å². The predicted octanol–water partition coefficient (Wildman–Crippen LogP) is 1.43. The lowest BCUT2D eigenvalue weighted by atomic mass is 9.97. The summed E-state index contributed by atoms with van der Waals surface area (Å²) in [5.41, 5.74) is -0.477. The van der Waals surface area contributed by atoms with Crippen molar-refractivity contribution in [3.63, 3.8) is 0 Å². The van der Waals surface area contributed by atoms with Gasteiger partial charge in [0.05, 0.1) is 12.0 Å². The Labute approximate surface area is 195 Å². The monoisotopic (exact) mass is 533 g/mol. The van der Waals surface area contributed by atoms with Crippen molar-refractivity contribution < 1.29 is 52.5 Å². The number of carbonyl (C=O) groups excluding carboxylic acids is 4. The van der Waals surface area contributed by atoms with Gasteiger partial charge in [-0.25, -0.2) is 4.79 Å². The van der Waals surface area contributed by atoms with E-state index in [-0.39, 0.29) is 5.75 Å². The molecule has 5 atom stereocenters. The molecule has 1 fully saturated rings. The Morgan fingerprint density at radius 3 is 2.03 bits per heavy atom. The van der Waals surface area contributed by atoms with Gasteiger partial charge in [-0.15, -0.1) is 0 Å². The molecule has 1 heterocycles. The molecule has 0 bridgehead atoms. The van der Waals surface area contributed by atoms with E-state index in [1.165, 1.54) is 12.1 Å². The summed E-state index contributed by atoms with van der Waals surface area (Å²) >= 11 is 3.11.